The van der Waals surface area contributed by atoms with Gasteiger partial charge in [0, 0.05) is 12.1 Å². The van der Waals surface area contributed by atoms with Crippen molar-refractivity contribution in [2.45, 2.75) is 72.6 Å². The molecule has 0 N–H and O–H groups in total. The third-order valence-electron chi connectivity index (χ3n) is 5.91. The van der Waals surface area contributed by atoms with E-state index in [1.165, 1.54) is 0 Å². The van der Waals surface area contributed by atoms with Crippen LogP contribution in [0.5, 0.6) is 5.75 Å². The minimum absolute atomic E-state index is 0.0203. The molecule has 1 aromatic carbocycles. The third-order valence-corrected chi connectivity index (χ3v) is 5.91. The van der Waals surface area contributed by atoms with Crippen molar-refractivity contribution in [3.8, 4) is 5.75 Å². The van der Waals surface area contributed by atoms with Gasteiger partial charge in [-0.1, -0.05) is 58.0 Å². The van der Waals surface area contributed by atoms with E-state index < -0.39 is 0 Å². The number of pyridine rings is 1. The summed E-state index contributed by atoms with van der Waals surface area (Å²) < 4.78 is 36.1. The summed E-state index contributed by atoms with van der Waals surface area (Å²) in [5.41, 5.74) is 2.75. The van der Waals surface area contributed by atoms with Gasteiger partial charge >= 0.3 is 0 Å². The van der Waals surface area contributed by atoms with E-state index in [2.05, 4.69) is 39.8 Å². The van der Waals surface area contributed by atoms with Crippen LogP contribution >= 0.6 is 0 Å². The van der Waals surface area contributed by atoms with Crippen LogP contribution in [0.25, 0.3) is 0 Å². The molecule has 7 nitrogen and oxygen atoms in total. The van der Waals surface area contributed by atoms with E-state index in [4.69, 9.17) is 33.4 Å². The predicted molar refractivity (Wildman–Crippen MR) is 144 cm³/mol. The molecule has 1 aliphatic heterocycles. The van der Waals surface area contributed by atoms with Crippen LogP contribution in [0.15, 0.2) is 42.5 Å². The molecule has 2 heterocycles. The Morgan fingerprint density at radius 3 is 1.78 bits per heavy atom. The highest BCUT2D eigenvalue weighted by molar-refractivity contribution is 5.27. The highest BCUT2D eigenvalue weighted by atomic mass is 16.6. The summed E-state index contributed by atoms with van der Waals surface area (Å²) >= 11 is 0. The quantitative estimate of drug-likeness (QED) is 0.476. The first-order chi connectivity index (χ1) is 18.0. The van der Waals surface area contributed by atoms with Crippen molar-refractivity contribution in [1.82, 2.24) is 4.98 Å². The first-order valence-corrected chi connectivity index (χ1v) is 13.6. The lowest BCUT2D eigenvalue weighted by Crippen LogP contribution is -2.25. The minimum Gasteiger partial charge on any atom is -0.489 e. The van der Waals surface area contributed by atoms with E-state index in [1.54, 1.807) is 0 Å². The molecular formula is C30H45NO6. The van der Waals surface area contributed by atoms with E-state index in [0.717, 1.165) is 35.5 Å². The smallest absolute Gasteiger partial charge is 0.123 e. The zero-order valence-corrected chi connectivity index (χ0v) is 23.0. The molecule has 2 bridgehead atoms. The lowest BCUT2D eigenvalue weighted by molar-refractivity contribution is -0.0613. The van der Waals surface area contributed by atoms with E-state index in [-0.39, 0.29) is 12.2 Å². The molecule has 2 aromatic rings. The molecule has 0 spiro atoms. The number of nitrogens with zero attached hydrogens (tertiary/aromatic N) is 1. The first-order valence-electron chi connectivity index (χ1n) is 13.6. The molecule has 2 atom stereocenters. The first kappa shape index (κ1) is 29.5. The number of benzene rings is 1. The molecule has 0 aliphatic carbocycles. The van der Waals surface area contributed by atoms with Crippen molar-refractivity contribution in [2.24, 2.45) is 11.8 Å². The van der Waals surface area contributed by atoms with E-state index in [9.17, 15) is 0 Å². The van der Waals surface area contributed by atoms with Crippen LogP contribution in [0, 0.1) is 11.8 Å². The molecule has 0 saturated heterocycles. The van der Waals surface area contributed by atoms with Gasteiger partial charge in [-0.05, 0) is 30.2 Å². The van der Waals surface area contributed by atoms with Crippen LogP contribution in [-0.2, 0) is 43.5 Å². The van der Waals surface area contributed by atoms with Gasteiger partial charge in [0.25, 0.3) is 0 Å². The molecular weight excluding hydrogens is 470 g/mol. The summed E-state index contributed by atoms with van der Waals surface area (Å²) in [5, 5.41) is 0. The Balaban J connectivity index is 1.76. The number of hydrogen-bond donors (Lipinski definition) is 0. The summed E-state index contributed by atoms with van der Waals surface area (Å²) in [6, 6.07) is 14.1. The molecule has 1 aliphatic rings. The summed E-state index contributed by atoms with van der Waals surface area (Å²) in [6.07, 6.45) is 1.78. The largest absolute Gasteiger partial charge is 0.489 e. The predicted octanol–water partition coefficient (Wildman–Crippen LogP) is 5.59. The number of aromatic nitrogens is 1. The van der Waals surface area contributed by atoms with Crippen molar-refractivity contribution in [3.05, 3.63) is 59.4 Å². The van der Waals surface area contributed by atoms with Gasteiger partial charge in [-0.15, -0.1) is 0 Å². The van der Waals surface area contributed by atoms with Crippen LogP contribution in [0.2, 0.25) is 0 Å². The molecule has 0 unspecified atom stereocenters. The topological polar surface area (TPSA) is 68.3 Å². The number of rotatable bonds is 7. The second kappa shape index (κ2) is 16.7. The van der Waals surface area contributed by atoms with Crippen molar-refractivity contribution in [2.75, 3.05) is 39.6 Å². The van der Waals surface area contributed by atoms with Gasteiger partial charge in [0.1, 0.15) is 12.4 Å². The SMILES string of the molecule is CC(C)C[C@H]1COCCOCCOC[C@H](CC(C)C)OCc2cc(OCc3ccccc3)cc(n2)CO1. The average Bonchev–Trinajstić information content (AvgIpc) is 2.87. The Kier molecular flexibility index (Phi) is 13.4. The molecule has 1 aromatic heterocycles. The summed E-state index contributed by atoms with van der Waals surface area (Å²) in [7, 11) is 0. The third kappa shape index (κ3) is 12.4. The van der Waals surface area contributed by atoms with Gasteiger partial charge in [0.05, 0.1) is 76.5 Å². The molecule has 206 valence electrons. The van der Waals surface area contributed by atoms with Crippen molar-refractivity contribution in [1.29, 1.82) is 0 Å². The normalized spacial score (nSPS) is 20.9. The Morgan fingerprint density at radius 2 is 1.27 bits per heavy atom. The van der Waals surface area contributed by atoms with Gasteiger partial charge in [-0.3, -0.25) is 4.98 Å². The van der Waals surface area contributed by atoms with Crippen molar-refractivity contribution < 1.29 is 28.4 Å². The van der Waals surface area contributed by atoms with E-state index in [0.29, 0.717) is 71.3 Å². The van der Waals surface area contributed by atoms with Crippen molar-refractivity contribution >= 4 is 0 Å². The molecule has 37 heavy (non-hydrogen) atoms. The molecule has 3 rings (SSSR count). The fraction of sp³-hybridized carbons (Fsp3) is 0.633. The lowest BCUT2D eigenvalue weighted by atomic mass is 10.1. The Morgan fingerprint density at radius 1 is 0.757 bits per heavy atom. The molecule has 0 fully saturated rings. The minimum atomic E-state index is -0.0203. The maximum absolute atomic E-state index is 6.28. The fourth-order valence-corrected chi connectivity index (χ4v) is 4.18. The highest BCUT2D eigenvalue weighted by Gasteiger charge is 2.16. The van der Waals surface area contributed by atoms with Crippen LogP contribution in [0.3, 0.4) is 0 Å². The van der Waals surface area contributed by atoms with Gasteiger partial charge in [0.15, 0.2) is 0 Å². The number of fused-ring (bicyclic) bond motifs is 2. The fourth-order valence-electron chi connectivity index (χ4n) is 4.18. The zero-order valence-electron chi connectivity index (χ0n) is 23.0. The van der Waals surface area contributed by atoms with Gasteiger partial charge in [-0.2, -0.15) is 0 Å². The summed E-state index contributed by atoms with van der Waals surface area (Å²) in [4.78, 5) is 4.85. The van der Waals surface area contributed by atoms with Crippen molar-refractivity contribution in [3.63, 3.8) is 0 Å². The molecule has 0 amide bonds. The monoisotopic (exact) mass is 515 g/mol. The van der Waals surface area contributed by atoms with Crippen LogP contribution in [0.1, 0.15) is 57.5 Å². The van der Waals surface area contributed by atoms with E-state index >= 15 is 0 Å². The average molecular weight is 516 g/mol. The Labute approximate surface area is 222 Å². The van der Waals surface area contributed by atoms with Crippen LogP contribution < -0.4 is 4.74 Å². The summed E-state index contributed by atoms with van der Waals surface area (Å²) in [5.74, 6) is 1.75. The number of ether oxygens (including phenoxy) is 6. The molecule has 0 saturated carbocycles. The van der Waals surface area contributed by atoms with Crippen LogP contribution in [-0.4, -0.2) is 56.8 Å². The second-order valence-corrected chi connectivity index (χ2v) is 10.4. The lowest BCUT2D eigenvalue weighted by Gasteiger charge is -2.22. The van der Waals surface area contributed by atoms with Gasteiger partial charge in [0.2, 0.25) is 0 Å². The maximum Gasteiger partial charge on any atom is 0.123 e. The number of hydrogen-bond acceptors (Lipinski definition) is 7. The molecule has 7 heteroatoms. The van der Waals surface area contributed by atoms with E-state index in [1.807, 2.05) is 30.3 Å². The Bertz CT molecular complexity index is 829. The maximum atomic E-state index is 6.28. The standard InChI is InChI=1S/C30H45NO6/c1-23(2)14-29-21-33-12-10-32-11-13-34-22-30(15-24(3)4)37-20-27-17-28(16-26(31-27)19-36-29)35-18-25-8-6-5-7-9-25/h5-9,16-17,23-24,29-30H,10-15,18-22H2,1-4H3/t29-,30-/m0/s1. The van der Waals surface area contributed by atoms with Gasteiger partial charge in [-0.25, -0.2) is 0 Å². The molecule has 0 radical (unpaired) electrons. The second-order valence-electron chi connectivity index (χ2n) is 10.4. The van der Waals surface area contributed by atoms with Gasteiger partial charge < -0.3 is 28.4 Å². The zero-order chi connectivity index (χ0) is 26.3. The Hall–Kier alpha value is -2.03. The van der Waals surface area contributed by atoms with Crippen LogP contribution in [0.4, 0.5) is 0 Å². The highest BCUT2D eigenvalue weighted by Crippen LogP contribution is 2.20. The summed E-state index contributed by atoms with van der Waals surface area (Å²) in [6.45, 7) is 13.2.